The molecule has 4 rings (SSSR count). The summed E-state index contributed by atoms with van der Waals surface area (Å²) >= 11 is 0. The highest BCUT2D eigenvalue weighted by atomic mass is 15.1. The highest BCUT2D eigenvalue weighted by Gasteiger charge is 2.41. The van der Waals surface area contributed by atoms with Crippen molar-refractivity contribution in [3.05, 3.63) is 30.6 Å². The number of hydrogen-bond donors (Lipinski definition) is 1. The predicted octanol–water partition coefficient (Wildman–Crippen LogP) is 3.57. The minimum absolute atomic E-state index is 0.559. The molecule has 0 radical (unpaired) electrons. The van der Waals surface area contributed by atoms with E-state index in [1.54, 1.807) is 0 Å². The maximum Gasteiger partial charge on any atom is 0.138 e. The first-order chi connectivity index (χ1) is 9.31. The molecule has 3 heteroatoms. The highest BCUT2D eigenvalue weighted by Crippen LogP contribution is 2.49. The zero-order chi connectivity index (χ0) is 12.8. The SMILES string of the molecule is CC(Nc1cccc2nccn12)C1CC2CCC1C2. The minimum atomic E-state index is 0.559. The second kappa shape index (κ2) is 4.26. The van der Waals surface area contributed by atoms with Crippen molar-refractivity contribution in [2.45, 2.75) is 38.6 Å². The van der Waals surface area contributed by atoms with Crippen LogP contribution < -0.4 is 5.32 Å². The molecule has 100 valence electrons. The normalized spacial score (nSPS) is 30.9. The highest BCUT2D eigenvalue weighted by molar-refractivity contribution is 5.50. The van der Waals surface area contributed by atoms with Crippen LogP contribution in [0.4, 0.5) is 5.82 Å². The van der Waals surface area contributed by atoms with Crippen LogP contribution in [0.1, 0.15) is 32.6 Å². The summed E-state index contributed by atoms with van der Waals surface area (Å²) in [5.41, 5.74) is 1.02. The van der Waals surface area contributed by atoms with Crippen LogP contribution >= 0.6 is 0 Å². The second-order valence-corrected chi connectivity index (χ2v) is 6.34. The first kappa shape index (κ1) is 11.3. The number of hydrogen-bond acceptors (Lipinski definition) is 2. The number of rotatable bonds is 3. The number of nitrogens with one attached hydrogen (secondary N) is 1. The summed E-state index contributed by atoms with van der Waals surface area (Å²) in [6, 6.07) is 6.84. The van der Waals surface area contributed by atoms with Gasteiger partial charge in [0, 0.05) is 18.4 Å². The Kier molecular flexibility index (Phi) is 2.54. The largest absolute Gasteiger partial charge is 0.368 e. The van der Waals surface area contributed by atoms with Crippen LogP contribution in [0.2, 0.25) is 0 Å². The molecule has 0 saturated heterocycles. The van der Waals surface area contributed by atoms with Gasteiger partial charge in [-0.2, -0.15) is 0 Å². The van der Waals surface area contributed by atoms with E-state index in [1.807, 2.05) is 18.5 Å². The number of nitrogens with zero attached hydrogens (tertiary/aromatic N) is 2. The molecule has 0 aliphatic heterocycles. The third kappa shape index (κ3) is 1.83. The summed E-state index contributed by atoms with van der Waals surface area (Å²) in [6.45, 7) is 2.35. The summed E-state index contributed by atoms with van der Waals surface area (Å²) in [5.74, 6) is 4.01. The van der Waals surface area contributed by atoms with Gasteiger partial charge < -0.3 is 5.32 Å². The molecular formula is C16H21N3. The fourth-order valence-corrected chi connectivity index (χ4v) is 4.31. The summed E-state index contributed by atoms with van der Waals surface area (Å²) in [7, 11) is 0. The van der Waals surface area contributed by atoms with Gasteiger partial charge in [-0.15, -0.1) is 0 Å². The smallest absolute Gasteiger partial charge is 0.138 e. The Bertz CT molecular complexity index is 588. The Morgan fingerprint density at radius 1 is 1.32 bits per heavy atom. The van der Waals surface area contributed by atoms with E-state index in [0.717, 1.165) is 23.4 Å². The fourth-order valence-electron chi connectivity index (χ4n) is 4.31. The number of fused-ring (bicyclic) bond motifs is 3. The molecule has 4 unspecified atom stereocenters. The predicted molar refractivity (Wildman–Crippen MR) is 77.2 cm³/mol. The van der Waals surface area contributed by atoms with Gasteiger partial charge in [0.15, 0.2) is 0 Å². The third-order valence-corrected chi connectivity index (χ3v) is 5.24. The molecule has 2 bridgehead atoms. The van der Waals surface area contributed by atoms with Gasteiger partial charge in [0.05, 0.1) is 0 Å². The number of pyridine rings is 1. The van der Waals surface area contributed by atoms with Crippen LogP contribution in [0.15, 0.2) is 30.6 Å². The summed E-state index contributed by atoms with van der Waals surface area (Å²) in [4.78, 5) is 4.35. The third-order valence-electron chi connectivity index (χ3n) is 5.24. The molecule has 3 nitrogen and oxygen atoms in total. The Labute approximate surface area is 114 Å². The molecular weight excluding hydrogens is 234 g/mol. The molecule has 2 aromatic rings. The Balaban J connectivity index is 1.56. The van der Waals surface area contributed by atoms with Gasteiger partial charge in [0.1, 0.15) is 11.5 Å². The van der Waals surface area contributed by atoms with Gasteiger partial charge in [-0.3, -0.25) is 4.40 Å². The van der Waals surface area contributed by atoms with Gasteiger partial charge in [0.2, 0.25) is 0 Å². The van der Waals surface area contributed by atoms with Crippen molar-refractivity contribution in [1.82, 2.24) is 9.38 Å². The van der Waals surface area contributed by atoms with Crippen molar-refractivity contribution < 1.29 is 0 Å². The molecule has 2 heterocycles. The van der Waals surface area contributed by atoms with Gasteiger partial charge in [-0.25, -0.2) is 4.98 Å². The minimum Gasteiger partial charge on any atom is -0.368 e. The van der Waals surface area contributed by atoms with Crippen molar-refractivity contribution in [1.29, 1.82) is 0 Å². The van der Waals surface area contributed by atoms with Gasteiger partial charge in [-0.05, 0) is 56.1 Å². The molecule has 19 heavy (non-hydrogen) atoms. The van der Waals surface area contributed by atoms with Gasteiger partial charge in [0.25, 0.3) is 0 Å². The van der Waals surface area contributed by atoms with E-state index < -0.39 is 0 Å². The number of aromatic nitrogens is 2. The van der Waals surface area contributed by atoms with E-state index >= 15 is 0 Å². The lowest BCUT2D eigenvalue weighted by Gasteiger charge is -2.29. The second-order valence-electron chi connectivity index (χ2n) is 6.34. The van der Waals surface area contributed by atoms with E-state index in [4.69, 9.17) is 0 Å². The Morgan fingerprint density at radius 3 is 3.05 bits per heavy atom. The summed E-state index contributed by atoms with van der Waals surface area (Å²) in [5, 5.41) is 3.72. The van der Waals surface area contributed by atoms with Crippen LogP contribution in [0.25, 0.3) is 5.65 Å². The van der Waals surface area contributed by atoms with E-state index in [-0.39, 0.29) is 0 Å². The topological polar surface area (TPSA) is 29.3 Å². The summed E-state index contributed by atoms with van der Waals surface area (Å²) < 4.78 is 2.14. The fraction of sp³-hybridized carbons (Fsp3) is 0.562. The molecule has 2 aliphatic carbocycles. The summed E-state index contributed by atoms with van der Waals surface area (Å²) in [6.07, 6.45) is 9.74. The van der Waals surface area contributed by atoms with E-state index in [9.17, 15) is 0 Å². The van der Waals surface area contributed by atoms with E-state index in [1.165, 1.54) is 31.5 Å². The lowest BCUT2D eigenvalue weighted by atomic mass is 9.84. The first-order valence-electron chi connectivity index (χ1n) is 7.50. The first-order valence-corrected chi connectivity index (χ1v) is 7.50. The van der Waals surface area contributed by atoms with Crippen LogP contribution in [-0.4, -0.2) is 15.4 Å². The molecule has 4 atom stereocenters. The maximum atomic E-state index is 4.35. The van der Waals surface area contributed by atoms with Crippen molar-refractivity contribution in [2.24, 2.45) is 17.8 Å². The number of imidazole rings is 1. The lowest BCUT2D eigenvalue weighted by Crippen LogP contribution is -2.30. The van der Waals surface area contributed by atoms with Crippen LogP contribution in [-0.2, 0) is 0 Å². The lowest BCUT2D eigenvalue weighted by molar-refractivity contribution is 0.304. The van der Waals surface area contributed by atoms with Crippen molar-refractivity contribution in [2.75, 3.05) is 5.32 Å². The molecule has 2 aliphatic rings. The maximum absolute atomic E-state index is 4.35. The average molecular weight is 255 g/mol. The molecule has 2 aromatic heterocycles. The standard InChI is InChI=1S/C16H21N3/c1-11(14-10-12-5-6-13(14)9-12)18-16-4-2-3-15-17-7-8-19(15)16/h2-4,7-8,11-14,18H,5-6,9-10H2,1H3. The number of anilines is 1. The molecule has 0 spiro atoms. The van der Waals surface area contributed by atoms with E-state index in [0.29, 0.717) is 6.04 Å². The Morgan fingerprint density at radius 2 is 2.26 bits per heavy atom. The molecule has 0 amide bonds. The van der Waals surface area contributed by atoms with Gasteiger partial charge >= 0.3 is 0 Å². The average Bonchev–Trinajstić information content (AvgIpc) is 3.14. The van der Waals surface area contributed by atoms with Crippen LogP contribution in [0, 0.1) is 17.8 Å². The van der Waals surface area contributed by atoms with Crippen molar-refractivity contribution in [3.63, 3.8) is 0 Å². The monoisotopic (exact) mass is 255 g/mol. The Hall–Kier alpha value is -1.51. The van der Waals surface area contributed by atoms with E-state index in [2.05, 4.69) is 33.8 Å². The molecule has 1 N–H and O–H groups in total. The zero-order valence-electron chi connectivity index (χ0n) is 11.4. The molecule has 0 aromatic carbocycles. The molecule has 2 fully saturated rings. The van der Waals surface area contributed by atoms with Crippen LogP contribution in [0.3, 0.4) is 0 Å². The van der Waals surface area contributed by atoms with Crippen molar-refractivity contribution in [3.8, 4) is 0 Å². The van der Waals surface area contributed by atoms with Crippen LogP contribution in [0.5, 0.6) is 0 Å². The van der Waals surface area contributed by atoms with Gasteiger partial charge in [-0.1, -0.05) is 12.5 Å². The van der Waals surface area contributed by atoms with Crippen molar-refractivity contribution >= 4 is 11.5 Å². The zero-order valence-corrected chi connectivity index (χ0v) is 11.4. The molecule has 2 saturated carbocycles. The quantitative estimate of drug-likeness (QED) is 0.908.